The Morgan fingerprint density at radius 1 is 1.04 bits per heavy atom. The van der Waals surface area contributed by atoms with Gasteiger partial charge in [0.25, 0.3) is 11.8 Å². The van der Waals surface area contributed by atoms with Gasteiger partial charge in [0, 0.05) is 19.3 Å². The molecule has 1 heterocycles. The average Bonchev–Trinajstić information content (AvgIpc) is 2.61. The molecule has 26 heavy (non-hydrogen) atoms. The zero-order valence-electron chi connectivity index (χ0n) is 13.8. The van der Waals surface area contributed by atoms with Gasteiger partial charge in [-0.05, 0) is 36.4 Å². The first-order valence-electron chi connectivity index (χ1n) is 7.54. The van der Waals surface area contributed by atoms with Crippen molar-refractivity contribution in [1.29, 1.82) is 0 Å². The smallest absolute Gasteiger partial charge is 0.383 e. The third-order valence-corrected chi connectivity index (χ3v) is 3.28. The van der Waals surface area contributed by atoms with E-state index in [0.717, 1.165) is 24.3 Å². The summed E-state index contributed by atoms with van der Waals surface area (Å²) in [4.78, 5) is 28.1. The van der Waals surface area contributed by atoms with Crippen molar-refractivity contribution in [2.45, 2.75) is 6.18 Å². The predicted octanol–water partition coefficient (Wildman–Crippen LogP) is 2.73. The lowest BCUT2D eigenvalue weighted by atomic mass is 10.2. The number of nitrogens with one attached hydrogen (secondary N) is 2. The molecule has 0 aliphatic heterocycles. The van der Waals surface area contributed by atoms with Crippen LogP contribution in [0.3, 0.4) is 0 Å². The fraction of sp³-hybridized carbons (Fsp3) is 0.235. The minimum Gasteiger partial charge on any atom is -0.383 e. The highest BCUT2D eigenvalue weighted by molar-refractivity contribution is 6.03. The molecule has 0 unspecified atom stereocenters. The number of hydrogen-bond acceptors (Lipinski definition) is 4. The molecule has 2 amide bonds. The summed E-state index contributed by atoms with van der Waals surface area (Å²) in [6, 6.07) is 8.33. The highest BCUT2D eigenvalue weighted by Gasteiger charge is 2.30. The van der Waals surface area contributed by atoms with E-state index in [1.54, 1.807) is 0 Å². The molecule has 9 heteroatoms. The lowest BCUT2D eigenvalue weighted by Gasteiger charge is -2.09. The van der Waals surface area contributed by atoms with Crippen LogP contribution >= 0.6 is 0 Å². The maximum atomic E-state index is 12.5. The Hall–Kier alpha value is -2.94. The molecular formula is C17H16F3N3O3. The second-order valence-electron chi connectivity index (χ2n) is 5.19. The summed E-state index contributed by atoms with van der Waals surface area (Å²) in [6.45, 7) is 0.624. The molecule has 2 aromatic rings. The van der Waals surface area contributed by atoms with Crippen LogP contribution in [0.5, 0.6) is 0 Å². The number of alkyl halides is 3. The summed E-state index contributed by atoms with van der Waals surface area (Å²) >= 11 is 0. The van der Waals surface area contributed by atoms with Gasteiger partial charge in [0.05, 0.1) is 12.2 Å². The van der Waals surface area contributed by atoms with Crippen molar-refractivity contribution in [3.63, 3.8) is 0 Å². The lowest BCUT2D eigenvalue weighted by molar-refractivity contribution is -0.137. The molecule has 0 atom stereocenters. The molecule has 1 aromatic heterocycles. The van der Waals surface area contributed by atoms with Crippen molar-refractivity contribution in [2.24, 2.45) is 0 Å². The fourth-order valence-corrected chi connectivity index (χ4v) is 1.98. The van der Waals surface area contributed by atoms with Gasteiger partial charge in [0.1, 0.15) is 11.4 Å². The molecule has 0 aliphatic rings. The Morgan fingerprint density at radius 2 is 1.65 bits per heavy atom. The average molecular weight is 367 g/mol. The number of ether oxygens (including phenoxy) is 1. The molecule has 1 aromatic carbocycles. The van der Waals surface area contributed by atoms with Crippen LogP contribution in [0, 0.1) is 0 Å². The third kappa shape index (κ3) is 5.28. The molecule has 2 N–H and O–H groups in total. The monoisotopic (exact) mass is 367 g/mol. The van der Waals surface area contributed by atoms with Gasteiger partial charge in [-0.3, -0.25) is 9.59 Å². The molecule has 0 spiro atoms. The second kappa shape index (κ2) is 8.43. The minimum absolute atomic E-state index is 0.0377. The van der Waals surface area contributed by atoms with E-state index in [9.17, 15) is 22.8 Å². The number of carbonyl (C=O) groups is 2. The van der Waals surface area contributed by atoms with Gasteiger partial charge in [0.15, 0.2) is 0 Å². The molecule has 0 fully saturated rings. The summed E-state index contributed by atoms with van der Waals surface area (Å²) < 4.78 is 42.4. The lowest BCUT2D eigenvalue weighted by Crippen LogP contribution is -2.28. The minimum atomic E-state index is -4.45. The van der Waals surface area contributed by atoms with Crippen molar-refractivity contribution in [1.82, 2.24) is 10.3 Å². The standard InChI is InChI=1S/C17H16F3N3O3/c1-26-10-9-21-15(24)13-3-2-4-14(23-13)16(25)22-12-7-5-11(6-8-12)17(18,19)20/h2-8H,9-10H2,1H3,(H,21,24)(H,22,25). The molecule has 0 bridgehead atoms. The Bertz CT molecular complexity index is 777. The number of hydrogen-bond donors (Lipinski definition) is 2. The fourth-order valence-electron chi connectivity index (χ4n) is 1.98. The number of methoxy groups -OCH3 is 1. The van der Waals surface area contributed by atoms with Gasteiger partial charge in [-0.15, -0.1) is 0 Å². The van der Waals surface area contributed by atoms with Crippen molar-refractivity contribution in [3.8, 4) is 0 Å². The molecule has 0 saturated heterocycles. The van der Waals surface area contributed by atoms with Crippen LogP contribution in [-0.4, -0.2) is 37.1 Å². The highest BCUT2D eigenvalue weighted by Crippen LogP contribution is 2.29. The predicted molar refractivity (Wildman–Crippen MR) is 87.8 cm³/mol. The number of halogens is 3. The Morgan fingerprint density at radius 3 is 2.23 bits per heavy atom. The molecule has 0 radical (unpaired) electrons. The van der Waals surface area contributed by atoms with E-state index in [4.69, 9.17) is 4.74 Å². The molecule has 2 rings (SSSR count). The van der Waals surface area contributed by atoms with Crippen molar-refractivity contribution in [3.05, 3.63) is 59.4 Å². The van der Waals surface area contributed by atoms with Gasteiger partial charge in [-0.1, -0.05) is 6.07 Å². The number of pyridine rings is 1. The van der Waals surface area contributed by atoms with Crippen LogP contribution in [0.1, 0.15) is 26.5 Å². The molecule has 6 nitrogen and oxygen atoms in total. The van der Waals surface area contributed by atoms with Crippen LogP contribution in [-0.2, 0) is 10.9 Å². The summed E-state index contributed by atoms with van der Waals surface area (Å²) in [5, 5.41) is 5.01. The van der Waals surface area contributed by atoms with Crippen LogP contribution in [0.15, 0.2) is 42.5 Å². The van der Waals surface area contributed by atoms with Crippen molar-refractivity contribution < 1.29 is 27.5 Å². The number of aromatic nitrogens is 1. The number of carbonyl (C=O) groups excluding carboxylic acids is 2. The molecular weight excluding hydrogens is 351 g/mol. The topological polar surface area (TPSA) is 80.3 Å². The van der Waals surface area contributed by atoms with E-state index in [-0.39, 0.29) is 17.1 Å². The van der Waals surface area contributed by atoms with Crippen LogP contribution in [0.4, 0.5) is 18.9 Å². The number of rotatable bonds is 6. The van der Waals surface area contributed by atoms with E-state index in [2.05, 4.69) is 15.6 Å². The largest absolute Gasteiger partial charge is 0.416 e. The van der Waals surface area contributed by atoms with Gasteiger partial charge < -0.3 is 15.4 Å². The van der Waals surface area contributed by atoms with Crippen molar-refractivity contribution in [2.75, 3.05) is 25.6 Å². The van der Waals surface area contributed by atoms with Crippen molar-refractivity contribution >= 4 is 17.5 Å². The highest BCUT2D eigenvalue weighted by atomic mass is 19.4. The molecule has 138 valence electrons. The summed E-state index contributed by atoms with van der Waals surface area (Å²) in [5.74, 6) is -1.11. The van der Waals surface area contributed by atoms with Gasteiger partial charge >= 0.3 is 6.18 Å². The molecule has 0 aliphatic carbocycles. The first kappa shape index (κ1) is 19.4. The maximum absolute atomic E-state index is 12.5. The zero-order valence-corrected chi connectivity index (χ0v) is 13.8. The maximum Gasteiger partial charge on any atom is 0.416 e. The Labute approximate surface area is 147 Å². The Balaban J connectivity index is 2.05. The van der Waals surface area contributed by atoms with Gasteiger partial charge in [-0.2, -0.15) is 13.2 Å². The second-order valence-corrected chi connectivity index (χ2v) is 5.19. The number of amides is 2. The van der Waals surface area contributed by atoms with Crippen LogP contribution in [0.25, 0.3) is 0 Å². The Kier molecular flexibility index (Phi) is 6.29. The normalized spacial score (nSPS) is 11.1. The number of nitrogens with zero attached hydrogens (tertiary/aromatic N) is 1. The summed E-state index contributed by atoms with van der Waals surface area (Å²) in [6.07, 6.45) is -4.45. The third-order valence-electron chi connectivity index (χ3n) is 3.28. The van der Waals surface area contributed by atoms with Gasteiger partial charge in [-0.25, -0.2) is 4.98 Å². The quantitative estimate of drug-likeness (QED) is 0.770. The first-order chi connectivity index (χ1) is 12.3. The zero-order chi connectivity index (χ0) is 19.2. The molecule has 0 saturated carbocycles. The van der Waals surface area contributed by atoms with E-state index < -0.39 is 23.6 Å². The number of anilines is 1. The summed E-state index contributed by atoms with van der Waals surface area (Å²) in [5.41, 5.74) is -0.631. The van der Waals surface area contributed by atoms with Crippen LogP contribution < -0.4 is 10.6 Å². The van der Waals surface area contributed by atoms with E-state index in [1.807, 2.05) is 0 Å². The van der Waals surface area contributed by atoms with E-state index in [0.29, 0.717) is 13.2 Å². The summed E-state index contributed by atoms with van der Waals surface area (Å²) in [7, 11) is 1.50. The SMILES string of the molecule is COCCNC(=O)c1cccc(C(=O)Nc2ccc(C(F)(F)F)cc2)n1. The van der Waals surface area contributed by atoms with E-state index in [1.165, 1.54) is 25.3 Å². The van der Waals surface area contributed by atoms with Gasteiger partial charge in [0.2, 0.25) is 0 Å². The number of benzene rings is 1. The van der Waals surface area contributed by atoms with E-state index >= 15 is 0 Å². The first-order valence-corrected chi connectivity index (χ1v) is 7.54. The van der Waals surface area contributed by atoms with Crippen LogP contribution in [0.2, 0.25) is 0 Å².